The van der Waals surface area contributed by atoms with Crippen molar-refractivity contribution < 1.29 is 38.4 Å². The van der Waals surface area contributed by atoms with E-state index in [2.05, 4.69) is 21.3 Å². The molecule has 0 saturated carbocycles. The molecule has 2 aliphatic heterocycles. The fraction of sp³-hybridized carbons (Fsp3) is 0.303. The van der Waals surface area contributed by atoms with Crippen molar-refractivity contribution in [3.05, 3.63) is 99.6 Å². The van der Waals surface area contributed by atoms with Gasteiger partial charge in [0.2, 0.25) is 29.4 Å². The summed E-state index contributed by atoms with van der Waals surface area (Å²) in [7, 11) is 0. The normalized spacial score (nSPS) is 17.9. The summed E-state index contributed by atoms with van der Waals surface area (Å²) in [6.45, 7) is 2.09. The highest BCUT2D eigenvalue weighted by atomic mass is 16.6. The summed E-state index contributed by atoms with van der Waals surface area (Å²) in [6, 6.07) is 15.1. The summed E-state index contributed by atoms with van der Waals surface area (Å²) in [5, 5.41) is 22.1. The van der Waals surface area contributed by atoms with E-state index in [4.69, 9.17) is 15.2 Å². The molecule has 48 heavy (non-hydrogen) atoms. The Morgan fingerprint density at radius 2 is 1.69 bits per heavy atom. The Bertz CT molecular complexity index is 1650. The summed E-state index contributed by atoms with van der Waals surface area (Å²) >= 11 is 0. The van der Waals surface area contributed by atoms with Gasteiger partial charge in [0.15, 0.2) is 0 Å². The molecule has 0 fully saturated rings. The number of nitro groups is 1. The van der Waals surface area contributed by atoms with Crippen molar-refractivity contribution in [3.63, 3.8) is 0 Å². The van der Waals surface area contributed by atoms with Crippen LogP contribution < -0.4 is 31.7 Å². The number of hydrogen-bond acceptors (Lipinski definition) is 9. The molecule has 15 heteroatoms. The van der Waals surface area contributed by atoms with Gasteiger partial charge in [-0.15, -0.1) is 0 Å². The lowest BCUT2D eigenvalue weighted by Gasteiger charge is -2.25. The first kappa shape index (κ1) is 34.9. The molecule has 252 valence electrons. The fourth-order valence-corrected chi connectivity index (χ4v) is 4.86. The lowest BCUT2D eigenvalue weighted by atomic mass is 10.0. The largest absolute Gasteiger partial charge is 0.450 e. The third kappa shape index (κ3) is 10.0. The minimum atomic E-state index is -1.52. The number of carbonyl (C=O) groups is 5. The number of carbonyl (C=O) groups excluding carboxylic acids is 5. The Kier molecular flexibility index (Phi) is 12.0. The van der Waals surface area contributed by atoms with E-state index < -0.39 is 59.2 Å². The van der Waals surface area contributed by atoms with E-state index in [0.717, 1.165) is 0 Å². The van der Waals surface area contributed by atoms with Crippen LogP contribution in [0, 0.1) is 10.1 Å². The van der Waals surface area contributed by atoms with Crippen LogP contribution >= 0.6 is 0 Å². The molecule has 5 rings (SSSR count). The van der Waals surface area contributed by atoms with Crippen LogP contribution in [0.1, 0.15) is 36.5 Å². The van der Waals surface area contributed by atoms with Crippen LogP contribution in [0.4, 0.5) is 10.5 Å². The van der Waals surface area contributed by atoms with Crippen molar-refractivity contribution in [3.8, 4) is 11.5 Å². The van der Waals surface area contributed by atoms with Crippen molar-refractivity contribution in [1.29, 1.82) is 0 Å². The number of hydrogen-bond donors (Lipinski definition) is 5. The zero-order valence-electron chi connectivity index (χ0n) is 26.1. The van der Waals surface area contributed by atoms with Crippen LogP contribution in [-0.4, -0.2) is 59.3 Å². The van der Waals surface area contributed by atoms with Gasteiger partial charge in [0.1, 0.15) is 30.5 Å². The van der Waals surface area contributed by atoms with Crippen molar-refractivity contribution in [1.82, 2.24) is 21.3 Å². The van der Waals surface area contributed by atoms with Crippen LogP contribution in [0.3, 0.4) is 0 Å². The lowest BCUT2D eigenvalue weighted by molar-refractivity contribution is -0.385. The highest BCUT2D eigenvalue weighted by Gasteiger charge is 2.32. The van der Waals surface area contributed by atoms with Gasteiger partial charge in [-0.3, -0.25) is 29.3 Å². The number of nitro benzene ring substituents is 1. The number of ether oxygens (including phenoxy) is 2. The quantitative estimate of drug-likeness (QED) is 0.167. The van der Waals surface area contributed by atoms with E-state index in [1.165, 1.54) is 18.2 Å². The summed E-state index contributed by atoms with van der Waals surface area (Å²) in [5.41, 5.74) is 6.72. The maximum absolute atomic E-state index is 13.7. The van der Waals surface area contributed by atoms with Crippen molar-refractivity contribution in [2.45, 2.75) is 57.3 Å². The molecule has 6 N–H and O–H groups in total. The van der Waals surface area contributed by atoms with Crippen molar-refractivity contribution >= 4 is 35.4 Å². The third-order valence-corrected chi connectivity index (χ3v) is 7.29. The van der Waals surface area contributed by atoms with Gasteiger partial charge < -0.3 is 36.5 Å². The maximum atomic E-state index is 13.7. The average molecular weight is 661 g/mol. The molecular formula is C33H36N6O9. The van der Waals surface area contributed by atoms with Crippen LogP contribution in [0.25, 0.3) is 0 Å². The summed E-state index contributed by atoms with van der Waals surface area (Å²) in [6.07, 6.45) is -1.16. The fourth-order valence-electron chi connectivity index (χ4n) is 4.86. The Hall–Kier alpha value is -5.99. The Morgan fingerprint density at radius 3 is 2.35 bits per heavy atom. The second-order valence-corrected chi connectivity index (χ2v) is 11.1. The minimum absolute atomic E-state index is 0.0197. The summed E-state index contributed by atoms with van der Waals surface area (Å²) < 4.78 is 11.2. The maximum Gasteiger partial charge on any atom is 0.408 e. The number of primary amides is 1. The smallest absolute Gasteiger partial charge is 0.408 e. The van der Waals surface area contributed by atoms with Crippen LogP contribution in [0.2, 0.25) is 0 Å². The van der Waals surface area contributed by atoms with Gasteiger partial charge >= 0.3 is 11.8 Å². The molecule has 15 nitrogen and oxygen atoms in total. The van der Waals surface area contributed by atoms with Crippen molar-refractivity contribution in [2.24, 2.45) is 5.73 Å². The molecule has 0 spiro atoms. The van der Waals surface area contributed by atoms with E-state index in [-0.39, 0.29) is 36.6 Å². The Labute approximate surface area is 275 Å². The highest BCUT2D eigenvalue weighted by Crippen LogP contribution is 2.33. The molecule has 3 aromatic rings. The number of nitrogens with two attached hydrogens (primary N) is 1. The number of nitrogens with zero attached hydrogens (tertiary/aromatic N) is 1. The molecule has 0 aliphatic carbocycles. The van der Waals surface area contributed by atoms with E-state index in [1.807, 2.05) is 6.92 Å². The lowest BCUT2D eigenvalue weighted by Crippen LogP contribution is -2.58. The molecule has 0 aromatic heterocycles. The zero-order valence-corrected chi connectivity index (χ0v) is 26.1. The first-order valence-corrected chi connectivity index (χ1v) is 15.2. The first-order chi connectivity index (χ1) is 23.0. The number of benzene rings is 3. The average Bonchev–Trinajstić information content (AvgIpc) is 3.06. The van der Waals surface area contributed by atoms with Gasteiger partial charge in [0.25, 0.3) is 0 Å². The van der Waals surface area contributed by atoms with Crippen LogP contribution in [0.15, 0.2) is 72.8 Å². The molecule has 3 aromatic carbocycles. The Balaban J connectivity index is 1.72. The van der Waals surface area contributed by atoms with E-state index in [9.17, 15) is 34.1 Å². The van der Waals surface area contributed by atoms with Gasteiger partial charge in [-0.25, -0.2) is 4.79 Å². The summed E-state index contributed by atoms with van der Waals surface area (Å²) in [5.74, 6) is -3.03. The highest BCUT2D eigenvalue weighted by molar-refractivity contribution is 5.96. The monoisotopic (exact) mass is 660 g/mol. The zero-order chi connectivity index (χ0) is 34.6. The summed E-state index contributed by atoms with van der Waals surface area (Å²) in [4.78, 5) is 76.3. The number of amides is 5. The number of fused-ring (bicyclic) bond motifs is 10. The molecule has 0 radical (unpaired) electrons. The van der Waals surface area contributed by atoms with Crippen LogP contribution in [0.5, 0.6) is 11.5 Å². The predicted molar refractivity (Wildman–Crippen MR) is 172 cm³/mol. The van der Waals surface area contributed by atoms with E-state index in [0.29, 0.717) is 29.7 Å². The Morgan fingerprint density at radius 1 is 0.979 bits per heavy atom. The predicted octanol–water partition coefficient (Wildman–Crippen LogP) is 2.15. The number of alkyl carbamates (subject to hydrolysis) is 1. The van der Waals surface area contributed by atoms with Gasteiger partial charge in [-0.1, -0.05) is 55.5 Å². The van der Waals surface area contributed by atoms with E-state index >= 15 is 0 Å². The molecule has 2 heterocycles. The molecule has 2 aliphatic rings. The van der Waals surface area contributed by atoms with Gasteiger partial charge in [-0.05, 0) is 41.3 Å². The van der Waals surface area contributed by atoms with Gasteiger partial charge in [0, 0.05) is 25.5 Å². The molecule has 5 amide bonds. The molecule has 0 unspecified atom stereocenters. The number of rotatable bonds is 9. The molecule has 3 atom stereocenters. The standard InChI is InChI=1S/C33H36N6O9/c1-2-14-35-30(41)24-15-20-8-11-23(12-9-20)48-28-17-22(10-13-27(28)39(45)46)16-25(31(42)37-26(18-29(34)40)32(43)36-24)38-33(44)47-19-21-6-4-3-5-7-21/h3-13,17,24-26H,2,14-16,18-19H2,1H3,(H2,34,40)(H,35,41)(H,36,43)(H,37,42)(H,38,44)/t24-,25-,26-/m0/s1. The SMILES string of the molecule is CCCNC(=O)[C@@H]1Cc2ccc(cc2)Oc2cc(ccc2[N+](=O)[O-])C[C@H](NC(=O)OCc2ccccc2)C(=O)N[C@@H](CC(N)=O)C(=O)N1. The van der Waals surface area contributed by atoms with E-state index in [1.54, 1.807) is 54.6 Å². The van der Waals surface area contributed by atoms with Gasteiger partial charge in [-0.2, -0.15) is 0 Å². The second-order valence-electron chi connectivity index (χ2n) is 11.1. The second kappa shape index (κ2) is 16.5. The third-order valence-electron chi connectivity index (χ3n) is 7.29. The molecular weight excluding hydrogens is 624 g/mol. The number of nitrogens with one attached hydrogen (secondary N) is 4. The van der Waals surface area contributed by atoms with Crippen LogP contribution in [-0.2, 0) is 43.4 Å². The topological polar surface area (TPSA) is 221 Å². The van der Waals surface area contributed by atoms with Gasteiger partial charge in [0.05, 0.1) is 11.3 Å². The van der Waals surface area contributed by atoms with Crippen molar-refractivity contribution in [2.75, 3.05) is 6.54 Å². The first-order valence-electron chi connectivity index (χ1n) is 15.2. The molecule has 4 bridgehead atoms. The minimum Gasteiger partial charge on any atom is -0.450 e. The molecule has 0 saturated heterocycles.